The van der Waals surface area contributed by atoms with Gasteiger partial charge in [-0.15, -0.1) is 0 Å². The molecular weight excluding hydrogens is 386 g/mol. The van der Waals surface area contributed by atoms with Gasteiger partial charge in [0.15, 0.2) is 0 Å². The number of amides is 3. The van der Waals surface area contributed by atoms with Gasteiger partial charge in [0.25, 0.3) is 5.91 Å². The van der Waals surface area contributed by atoms with Crippen LogP contribution in [0.15, 0.2) is 42.9 Å². The van der Waals surface area contributed by atoms with E-state index in [0.717, 1.165) is 0 Å². The van der Waals surface area contributed by atoms with E-state index in [9.17, 15) is 19.2 Å². The van der Waals surface area contributed by atoms with Gasteiger partial charge in [0.2, 0.25) is 18.1 Å². The van der Waals surface area contributed by atoms with Crippen LogP contribution >= 0.6 is 0 Å². The zero-order valence-corrected chi connectivity index (χ0v) is 17.0. The predicted molar refractivity (Wildman–Crippen MR) is 110 cm³/mol. The minimum absolute atomic E-state index is 0.150. The molecule has 1 aromatic carbocycles. The SMILES string of the molecule is CC(C)C[C@@H]([C]=O)NC(=O)[C@H](Cc1cnc[nH]1)NC(=O)CNC(=O)c1ccccc1. The Morgan fingerprint density at radius 1 is 1.13 bits per heavy atom. The molecule has 0 aliphatic heterocycles. The number of carbonyl (C=O) groups is 3. The van der Waals surface area contributed by atoms with E-state index in [1.54, 1.807) is 36.5 Å². The summed E-state index contributed by atoms with van der Waals surface area (Å²) >= 11 is 0. The smallest absolute Gasteiger partial charge is 0.251 e. The second-order valence-electron chi connectivity index (χ2n) is 7.26. The highest BCUT2D eigenvalue weighted by molar-refractivity contribution is 5.97. The molecule has 1 radical (unpaired) electrons. The normalized spacial score (nSPS) is 12.6. The van der Waals surface area contributed by atoms with Crippen molar-refractivity contribution in [2.75, 3.05) is 6.54 Å². The third-order valence-corrected chi connectivity index (χ3v) is 4.24. The second kappa shape index (κ2) is 11.5. The van der Waals surface area contributed by atoms with Gasteiger partial charge in [-0.3, -0.25) is 19.2 Å². The number of imidazole rings is 1. The Morgan fingerprint density at radius 2 is 1.87 bits per heavy atom. The first kappa shape index (κ1) is 22.8. The fourth-order valence-corrected chi connectivity index (χ4v) is 2.80. The van der Waals surface area contributed by atoms with Crippen LogP contribution in [0.5, 0.6) is 0 Å². The number of nitrogens with one attached hydrogen (secondary N) is 4. The van der Waals surface area contributed by atoms with Gasteiger partial charge in [0.05, 0.1) is 18.9 Å². The lowest BCUT2D eigenvalue weighted by Gasteiger charge is -2.21. The molecule has 0 saturated heterocycles. The molecule has 30 heavy (non-hydrogen) atoms. The van der Waals surface area contributed by atoms with Crippen molar-refractivity contribution in [3.63, 3.8) is 0 Å². The molecule has 2 rings (SSSR count). The molecule has 9 nitrogen and oxygen atoms in total. The summed E-state index contributed by atoms with van der Waals surface area (Å²) in [6.07, 6.45) is 5.41. The topological polar surface area (TPSA) is 133 Å². The van der Waals surface area contributed by atoms with E-state index < -0.39 is 29.8 Å². The first-order valence-electron chi connectivity index (χ1n) is 9.67. The molecule has 1 heterocycles. The molecule has 1 aromatic heterocycles. The zero-order valence-electron chi connectivity index (χ0n) is 17.0. The highest BCUT2D eigenvalue weighted by Crippen LogP contribution is 2.05. The number of nitrogens with zero attached hydrogens (tertiary/aromatic N) is 1. The highest BCUT2D eigenvalue weighted by Gasteiger charge is 2.25. The fraction of sp³-hybridized carbons (Fsp3) is 0.381. The van der Waals surface area contributed by atoms with Crippen molar-refractivity contribution < 1.29 is 19.2 Å². The summed E-state index contributed by atoms with van der Waals surface area (Å²) < 4.78 is 0. The van der Waals surface area contributed by atoms with E-state index in [1.807, 2.05) is 20.1 Å². The maximum absolute atomic E-state index is 12.7. The minimum atomic E-state index is -0.949. The molecule has 2 atom stereocenters. The Balaban J connectivity index is 1.97. The minimum Gasteiger partial charge on any atom is -0.348 e. The number of benzene rings is 1. The third kappa shape index (κ3) is 7.50. The molecular formula is C21H26N5O4. The zero-order chi connectivity index (χ0) is 21.9. The summed E-state index contributed by atoms with van der Waals surface area (Å²) in [5.41, 5.74) is 1.06. The van der Waals surface area contributed by atoms with Crippen molar-refractivity contribution in [3.05, 3.63) is 54.1 Å². The van der Waals surface area contributed by atoms with E-state index >= 15 is 0 Å². The Labute approximate surface area is 175 Å². The molecule has 159 valence electrons. The van der Waals surface area contributed by atoms with Crippen LogP contribution in [-0.2, 0) is 20.8 Å². The van der Waals surface area contributed by atoms with Gasteiger partial charge in [-0.1, -0.05) is 32.0 Å². The average molecular weight is 412 g/mol. The molecule has 0 spiro atoms. The third-order valence-electron chi connectivity index (χ3n) is 4.24. The average Bonchev–Trinajstić information content (AvgIpc) is 3.24. The maximum Gasteiger partial charge on any atom is 0.251 e. The summed E-state index contributed by atoms with van der Waals surface area (Å²) in [6, 6.07) is 6.77. The molecule has 0 bridgehead atoms. The van der Waals surface area contributed by atoms with Gasteiger partial charge in [-0.2, -0.15) is 0 Å². The Morgan fingerprint density at radius 3 is 2.47 bits per heavy atom. The molecule has 0 saturated carbocycles. The van der Waals surface area contributed by atoms with Gasteiger partial charge in [0.1, 0.15) is 6.04 Å². The van der Waals surface area contributed by atoms with Crippen molar-refractivity contribution in [1.29, 1.82) is 0 Å². The maximum atomic E-state index is 12.7. The molecule has 0 aliphatic rings. The van der Waals surface area contributed by atoms with E-state index in [-0.39, 0.29) is 18.9 Å². The molecule has 2 aromatic rings. The van der Waals surface area contributed by atoms with Gasteiger partial charge < -0.3 is 20.9 Å². The largest absolute Gasteiger partial charge is 0.348 e. The lowest BCUT2D eigenvalue weighted by molar-refractivity contribution is -0.128. The summed E-state index contributed by atoms with van der Waals surface area (Å²) in [4.78, 5) is 55.1. The quantitative estimate of drug-likeness (QED) is 0.427. The van der Waals surface area contributed by atoms with Crippen LogP contribution in [0.2, 0.25) is 0 Å². The van der Waals surface area contributed by atoms with E-state index in [0.29, 0.717) is 17.7 Å². The number of hydrogen-bond donors (Lipinski definition) is 4. The van der Waals surface area contributed by atoms with E-state index in [2.05, 4.69) is 25.9 Å². The number of aromatic amines is 1. The molecule has 3 amide bonds. The molecule has 4 N–H and O–H groups in total. The molecule has 0 aliphatic carbocycles. The van der Waals surface area contributed by atoms with Gasteiger partial charge >= 0.3 is 0 Å². The standard InChI is InChI=1S/C21H26N5O4/c1-14(2)8-17(12-27)25-21(30)18(9-16-10-22-13-24-16)26-19(28)11-23-20(29)15-6-4-3-5-7-15/h3-7,10,13-14,17-18H,8-9,11H2,1-2H3,(H,22,24)(H,23,29)(H,25,30)(H,26,28)/t17-,18-/m0/s1. The van der Waals surface area contributed by atoms with Gasteiger partial charge in [-0.05, 0) is 24.5 Å². The summed E-state index contributed by atoms with van der Waals surface area (Å²) in [7, 11) is 0. The van der Waals surface area contributed by atoms with Crippen molar-refractivity contribution in [1.82, 2.24) is 25.9 Å². The summed E-state index contributed by atoms with van der Waals surface area (Å²) in [5.74, 6) is -1.26. The van der Waals surface area contributed by atoms with E-state index in [4.69, 9.17) is 0 Å². The van der Waals surface area contributed by atoms with Crippen molar-refractivity contribution in [2.45, 2.75) is 38.8 Å². The van der Waals surface area contributed by atoms with E-state index in [1.165, 1.54) is 6.33 Å². The summed E-state index contributed by atoms with van der Waals surface area (Å²) in [5, 5.41) is 7.72. The van der Waals surface area contributed by atoms with Crippen LogP contribution in [0, 0.1) is 5.92 Å². The number of H-pyrrole nitrogens is 1. The van der Waals surface area contributed by atoms with Crippen LogP contribution in [0.4, 0.5) is 0 Å². The predicted octanol–water partition coefficient (Wildman–Crippen LogP) is 0.508. The van der Waals surface area contributed by atoms with Crippen LogP contribution in [0.1, 0.15) is 36.3 Å². The number of hydrogen-bond acceptors (Lipinski definition) is 5. The lowest BCUT2D eigenvalue weighted by Crippen LogP contribution is -2.53. The number of rotatable bonds is 11. The van der Waals surface area contributed by atoms with Crippen molar-refractivity contribution in [2.24, 2.45) is 5.92 Å². The molecule has 0 fully saturated rings. The molecule has 0 unspecified atom stereocenters. The van der Waals surface area contributed by atoms with Crippen LogP contribution in [0.25, 0.3) is 0 Å². The Hall–Kier alpha value is -3.49. The van der Waals surface area contributed by atoms with Crippen molar-refractivity contribution >= 4 is 24.0 Å². The van der Waals surface area contributed by atoms with Crippen molar-refractivity contribution in [3.8, 4) is 0 Å². The number of aromatic nitrogens is 2. The highest BCUT2D eigenvalue weighted by atomic mass is 16.2. The lowest BCUT2D eigenvalue weighted by atomic mass is 10.0. The first-order valence-corrected chi connectivity index (χ1v) is 9.67. The van der Waals surface area contributed by atoms with Gasteiger partial charge in [0, 0.05) is 23.9 Å². The summed E-state index contributed by atoms with van der Waals surface area (Å²) in [6.45, 7) is 3.56. The second-order valence-corrected chi connectivity index (χ2v) is 7.26. The number of carbonyl (C=O) groups excluding carboxylic acids is 4. The Kier molecular flexibility index (Phi) is 8.74. The Bertz CT molecular complexity index is 836. The monoisotopic (exact) mass is 412 g/mol. The van der Waals surface area contributed by atoms with Gasteiger partial charge in [-0.25, -0.2) is 4.98 Å². The fourth-order valence-electron chi connectivity index (χ4n) is 2.80. The van der Waals surface area contributed by atoms with Crippen LogP contribution in [-0.4, -0.2) is 52.6 Å². The van der Waals surface area contributed by atoms with Crippen LogP contribution in [0.3, 0.4) is 0 Å². The molecule has 9 heteroatoms. The van der Waals surface area contributed by atoms with Crippen LogP contribution < -0.4 is 16.0 Å². The first-order chi connectivity index (χ1) is 14.4.